The molecule has 0 bridgehead atoms. The van der Waals surface area contributed by atoms with E-state index in [1.807, 2.05) is 0 Å². The summed E-state index contributed by atoms with van der Waals surface area (Å²) < 4.78 is 0. The minimum atomic E-state index is 0.490. The van der Waals surface area contributed by atoms with E-state index in [0.29, 0.717) is 6.04 Å². The van der Waals surface area contributed by atoms with Crippen LogP contribution in [0.1, 0.15) is 110 Å². The minimum Gasteiger partial charge on any atom is -0.327 e. The topological polar surface area (TPSA) is 26.0 Å². The van der Waals surface area contributed by atoms with E-state index in [9.17, 15) is 0 Å². The Labute approximate surface area is 128 Å². The molecule has 0 spiro atoms. The zero-order valence-corrected chi connectivity index (χ0v) is 14.0. The predicted octanol–water partition coefficient (Wildman–Crippen LogP) is 6.21. The van der Waals surface area contributed by atoms with Gasteiger partial charge >= 0.3 is 0 Å². The molecule has 0 aromatic heterocycles. The van der Waals surface area contributed by atoms with Crippen LogP contribution < -0.4 is 5.73 Å². The third-order valence-electron chi connectivity index (χ3n) is 5.15. The summed E-state index contributed by atoms with van der Waals surface area (Å²) in [7, 11) is 0. The molecular formula is C19H39N. The lowest BCUT2D eigenvalue weighted by Gasteiger charge is -2.23. The van der Waals surface area contributed by atoms with E-state index >= 15 is 0 Å². The first-order chi connectivity index (χ1) is 9.84. The third-order valence-corrected chi connectivity index (χ3v) is 5.15. The minimum absolute atomic E-state index is 0.490. The van der Waals surface area contributed by atoms with E-state index in [0.717, 1.165) is 5.92 Å². The largest absolute Gasteiger partial charge is 0.327 e. The molecule has 120 valence electrons. The van der Waals surface area contributed by atoms with Crippen LogP contribution in [-0.2, 0) is 0 Å². The van der Waals surface area contributed by atoms with Crippen LogP contribution in [0.4, 0.5) is 0 Å². The molecule has 1 aliphatic carbocycles. The first kappa shape index (κ1) is 18.0. The molecule has 0 radical (unpaired) electrons. The van der Waals surface area contributed by atoms with Gasteiger partial charge in [-0.25, -0.2) is 0 Å². The highest BCUT2D eigenvalue weighted by Crippen LogP contribution is 2.25. The summed E-state index contributed by atoms with van der Waals surface area (Å²) in [5, 5.41) is 0. The van der Waals surface area contributed by atoms with Crippen molar-refractivity contribution < 1.29 is 0 Å². The van der Waals surface area contributed by atoms with Gasteiger partial charge in [-0.3, -0.25) is 0 Å². The Hall–Kier alpha value is -0.0400. The summed E-state index contributed by atoms with van der Waals surface area (Å²) in [4.78, 5) is 0. The van der Waals surface area contributed by atoms with Crippen LogP contribution >= 0.6 is 0 Å². The second-order valence-corrected chi connectivity index (χ2v) is 7.03. The predicted molar refractivity (Wildman–Crippen MR) is 91.0 cm³/mol. The smallest absolute Gasteiger partial charge is 0.00671 e. The van der Waals surface area contributed by atoms with Crippen LogP contribution in [0.2, 0.25) is 0 Å². The number of hydrogen-bond acceptors (Lipinski definition) is 1. The Kier molecular flexibility index (Phi) is 11.4. The fourth-order valence-corrected chi connectivity index (χ4v) is 3.67. The summed E-state index contributed by atoms with van der Waals surface area (Å²) in [5.74, 6) is 0.827. The Morgan fingerprint density at radius 2 is 1.25 bits per heavy atom. The summed E-state index contributed by atoms with van der Waals surface area (Å²) in [6, 6.07) is 0.490. The van der Waals surface area contributed by atoms with E-state index in [2.05, 4.69) is 6.92 Å². The SMILES string of the molecule is CCCCCCCCCC(N)C1CCCCCCCC1. The van der Waals surface area contributed by atoms with Gasteiger partial charge in [-0.1, -0.05) is 90.4 Å². The van der Waals surface area contributed by atoms with Crippen LogP contribution in [0.5, 0.6) is 0 Å². The summed E-state index contributed by atoms with van der Waals surface area (Å²) >= 11 is 0. The molecule has 1 atom stereocenters. The second kappa shape index (κ2) is 12.7. The summed E-state index contributed by atoms with van der Waals surface area (Å²) in [6.45, 7) is 2.29. The molecule has 1 fully saturated rings. The van der Waals surface area contributed by atoms with Crippen molar-refractivity contribution in [1.82, 2.24) is 0 Å². The van der Waals surface area contributed by atoms with Gasteiger partial charge in [0, 0.05) is 6.04 Å². The molecule has 0 aromatic rings. The van der Waals surface area contributed by atoms with Gasteiger partial charge in [-0.05, 0) is 25.2 Å². The standard InChI is InChI=1S/C19H39N/c1-2-3-4-5-6-11-14-17-19(20)18-15-12-9-7-8-10-13-16-18/h18-19H,2-17,20H2,1H3. The summed E-state index contributed by atoms with van der Waals surface area (Å²) in [6.07, 6.45) is 22.6. The molecule has 0 amide bonds. The molecule has 0 aromatic carbocycles. The van der Waals surface area contributed by atoms with Crippen LogP contribution in [0, 0.1) is 5.92 Å². The van der Waals surface area contributed by atoms with Crippen molar-refractivity contribution >= 4 is 0 Å². The molecule has 0 heterocycles. The van der Waals surface area contributed by atoms with E-state index in [4.69, 9.17) is 5.73 Å². The van der Waals surface area contributed by atoms with E-state index in [-0.39, 0.29) is 0 Å². The zero-order chi connectivity index (χ0) is 14.5. The van der Waals surface area contributed by atoms with E-state index in [1.54, 1.807) is 0 Å². The van der Waals surface area contributed by atoms with Gasteiger partial charge in [0.05, 0.1) is 0 Å². The van der Waals surface area contributed by atoms with Gasteiger partial charge in [-0.15, -0.1) is 0 Å². The molecule has 1 unspecified atom stereocenters. The van der Waals surface area contributed by atoms with Crippen molar-refractivity contribution in [2.45, 2.75) is 116 Å². The molecule has 1 saturated carbocycles. The van der Waals surface area contributed by atoms with Gasteiger partial charge in [-0.2, -0.15) is 0 Å². The van der Waals surface area contributed by atoms with Gasteiger partial charge < -0.3 is 5.73 Å². The molecule has 20 heavy (non-hydrogen) atoms. The van der Waals surface area contributed by atoms with Gasteiger partial charge in [0.15, 0.2) is 0 Å². The number of rotatable bonds is 9. The number of nitrogens with two attached hydrogens (primary N) is 1. The highest BCUT2D eigenvalue weighted by molar-refractivity contribution is 4.74. The van der Waals surface area contributed by atoms with Crippen LogP contribution in [0.25, 0.3) is 0 Å². The second-order valence-electron chi connectivity index (χ2n) is 7.03. The maximum Gasteiger partial charge on any atom is 0.00671 e. The van der Waals surface area contributed by atoms with Crippen molar-refractivity contribution in [3.05, 3.63) is 0 Å². The van der Waals surface area contributed by atoms with Gasteiger partial charge in [0.2, 0.25) is 0 Å². The van der Waals surface area contributed by atoms with Crippen LogP contribution in [0.15, 0.2) is 0 Å². The molecule has 0 aliphatic heterocycles. The van der Waals surface area contributed by atoms with Gasteiger partial charge in [0.1, 0.15) is 0 Å². The van der Waals surface area contributed by atoms with Crippen LogP contribution in [0.3, 0.4) is 0 Å². The molecule has 1 nitrogen and oxygen atoms in total. The Morgan fingerprint density at radius 3 is 1.85 bits per heavy atom. The zero-order valence-electron chi connectivity index (χ0n) is 14.0. The molecule has 1 rings (SSSR count). The maximum absolute atomic E-state index is 6.48. The average Bonchev–Trinajstić information content (AvgIpc) is 2.59. The lowest BCUT2D eigenvalue weighted by Crippen LogP contribution is -2.30. The lowest BCUT2D eigenvalue weighted by molar-refractivity contribution is 0.332. The Morgan fingerprint density at radius 1 is 0.750 bits per heavy atom. The van der Waals surface area contributed by atoms with Crippen molar-refractivity contribution in [1.29, 1.82) is 0 Å². The first-order valence-electron chi connectivity index (χ1n) is 9.60. The molecular weight excluding hydrogens is 242 g/mol. The monoisotopic (exact) mass is 281 g/mol. The molecule has 1 heteroatoms. The Balaban J connectivity index is 2.05. The van der Waals surface area contributed by atoms with E-state index in [1.165, 1.54) is 103 Å². The number of hydrogen-bond donors (Lipinski definition) is 1. The first-order valence-corrected chi connectivity index (χ1v) is 9.60. The van der Waals surface area contributed by atoms with Gasteiger partial charge in [0.25, 0.3) is 0 Å². The lowest BCUT2D eigenvalue weighted by atomic mass is 9.87. The van der Waals surface area contributed by atoms with Crippen molar-refractivity contribution in [3.8, 4) is 0 Å². The highest BCUT2D eigenvalue weighted by atomic mass is 14.6. The quantitative estimate of drug-likeness (QED) is 0.500. The van der Waals surface area contributed by atoms with Crippen LogP contribution in [-0.4, -0.2) is 6.04 Å². The number of unbranched alkanes of at least 4 members (excludes halogenated alkanes) is 6. The third kappa shape index (κ3) is 9.00. The summed E-state index contributed by atoms with van der Waals surface area (Å²) in [5.41, 5.74) is 6.48. The molecule has 0 saturated heterocycles. The molecule has 1 aliphatic rings. The molecule has 2 N–H and O–H groups in total. The van der Waals surface area contributed by atoms with Crippen molar-refractivity contribution in [3.63, 3.8) is 0 Å². The van der Waals surface area contributed by atoms with Crippen molar-refractivity contribution in [2.24, 2.45) is 11.7 Å². The maximum atomic E-state index is 6.48. The fourth-order valence-electron chi connectivity index (χ4n) is 3.67. The highest BCUT2D eigenvalue weighted by Gasteiger charge is 2.17. The van der Waals surface area contributed by atoms with Crippen molar-refractivity contribution in [2.75, 3.05) is 0 Å². The van der Waals surface area contributed by atoms with E-state index < -0.39 is 0 Å². The normalized spacial score (nSPS) is 20.1. The average molecular weight is 282 g/mol. The fraction of sp³-hybridized carbons (Fsp3) is 1.00. The Bertz CT molecular complexity index is 192.